The molecule has 90 valence electrons. The number of sulfonamides is 1. The molecule has 1 N–H and O–H groups in total. The van der Waals surface area contributed by atoms with E-state index in [1.807, 2.05) is 0 Å². The molecule has 0 saturated heterocycles. The lowest BCUT2D eigenvalue weighted by Gasteiger charge is -2.04. The third kappa shape index (κ3) is 2.93. The average Bonchev–Trinajstić information content (AvgIpc) is 2.69. The summed E-state index contributed by atoms with van der Waals surface area (Å²) in [5, 5.41) is 0. The lowest BCUT2D eigenvalue weighted by Crippen LogP contribution is -2.11. The third-order valence-corrected chi connectivity index (χ3v) is 4.77. The first-order chi connectivity index (χ1) is 7.97. The van der Waals surface area contributed by atoms with Crippen LogP contribution >= 0.6 is 22.9 Å². The zero-order chi connectivity index (χ0) is 12.5. The summed E-state index contributed by atoms with van der Waals surface area (Å²) in [5.74, 6) is -0.436. The van der Waals surface area contributed by atoms with Crippen molar-refractivity contribution in [1.82, 2.24) is 4.98 Å². The first kappa shape index (κ1) is 12.3. The van der Waals surface area contributed by atoms with Crippen LogP contribution in [0.5, 0.6) is 0 Å². The van der Waals surface area contributed by atoms with Crippen LogP contribution in [0.2, 0.25) is 4.47 Å². The monoisotopic (exact) mass is 292 g/mol. The molecule has 0 bridgehead atoms. The van der Waals surface area contributed by atoms with Crippen molar-refractivity contribution < 1.29 is 12.8 Å². The molecule has 0 aliphatic carbocycles. The first-order valence-electron chi connectivity index (χ1n) is 4.37. The predicted molar refractivity (Wildman–Crippen MR) is 64.3 cm³/mol. The summed E-state index contributed by atoms with van der Waals surface area (Å²) in [7, 11) is -3.71. The van der Waals surface area contributed by atoms with Crippen molar-refractivity contribution in [3.05, 3.63) is 40.7 Å². The number of nitrogens with zero attached hydrogens (tertiary/aromatic N) is 1. The fourth-order valence-electron chi connectivity index (χ4n) is 1.09. The van der Waals surface area contributed by atoms with Gasteiger partial charge in [0, 0.05) is 5.69 Å². The standard InChI is InChI=1S/C9H6ClFN2O2S2/c10-9-12-5-8(16-9)17(14,15)13-7-3-1-6(11)2-4-7/h1-5,13H. The minimum atomic E-state index is -3.71. The second-order valence-corrected chi connectivity index (χ2v) is 6.57. The Hall–Kier alpha value is -1.18. The molecule has 0 aliphatic rings. The Labute approximate surface area is 106 Å². The molecule has 1 heterocycles. The maximum absolute atomic E-state index is 12.6. The number of hydrogen-bond acceptors (Lipinski definition) is 4. The van der Waals surface area contributed by atoms with E-state index in [1.165, 1.54) is 18.3 Å². The van der Waals surface area contributed by atoms with E-state index in [2.05, 4.69) is 9.71 Å². The number of anilines is 1. The van der Waals surface area contributed by atoms with Gasteiger partial charge in [-0.1, -0.05) is 22.9 Å². The third-order valence-electron chi connectivity index (χ3n) is 1.82. The summed E-state index contributed by atoms with van der Waals surface area (Å²) in [6.45, 7) is 0. The SMILES string of the molecule is O=S(=O)(Nc1ccc(F)cc1)c1cnc(Cl)s1. The number of benzene rings is 1. The van der Waals surface area contributed by atoms with E-state index in [4.69, 9.17) is 11.6 Å². The number of aromatic nitrogens is 1. The van der Waals surface area contributed by atoms with Gasteiger partial charge in [0.05, 0.1) is 6.20 Å². The van der Waals surface area contributed by atoms with Gasteiger partial charge in [0.15, 0.2) is 8.68 Å². The number of hydrogen-bond donors (Lipinski definition) is 1. The fraction of sp³-hybridized carbons (Fsp3) is 0. The Kier molecular flexibility index (Phi) is 3.32. The summed E-state index contributed by atoms with van der Waals surface area (Å²) < 4.78 is 38.7. The van der Waals surface area contributed by atoms with Crippen LogP contribution in [-0.2, 0) is 10.0 Å². The Morgan fingerprint density at radius 1 is 1.29 bits per heavy atom. The summed E-state index contributed by atoms with van der Waals surface area (Å²) in [6, 6.07) is 4.99. The molecule has 17 heavy (non-hydrogen) atoms. The smallest absolute Gasteiger partial charge is 0.273 e. The van der Waals surface area contributed by atoms with E-state index in [-0.39, 0.29) is 14.4 Å². The van der Waals surface area contributed by atoms with Crippen LogP contribution in [0, 0.1) is 5.82 Å². The molecular formula is C9H6ClFN2O2S2. The molecule has 0 unspecified atom stereocenters. The first-order valence-corrected chi connectivity index (χ1v) is 7.05. The number of rotatable bonds is 3. The quantitative estimate of drug-likeness (QED) is 0.946. The van der Waals surface area contributed by atoms with Crippen LogP contribution < -0.4 is 4.72 Å². The fourth-order valence-corrected chi connectivity index (χ4v) is 3.44. The maximum atomic E-state index is 12.6. The highest BCUT2D eigenvalue weighted by molar-refractivity contribution is 7.94. The summed E-state index contributed by atoms with van der Waals surface area (Å²) in [4.78, 5) is 3.64. The van der Waals surface area contributed by atoms with Crippen LogP contribution in [0.4, 0.5) is 10.1 Å². The lowest BCUT2D eigenvalue weighted by atomic mass is 10.3. The Balaban J connectivity index is 2.26. The largest absolute Gasteiger partial charge is 0.279 e. The second kappa shape index (κ2) is 4.59. The van der Waals surface area contributed by atoms with Crippen molar-refractivity contribution in [1.29, 1.82) is 0 Å². The van der Waals surface area contributed by atoms with Crippen molar-refractivity contribution >= 4 is 38.6 Å². The molecule has 0 fully saturated rings. The van der Waals surface area contributed by atoms with E-state index in [0.29, 0.717) is 0 Å². The van der Waals surface area contributed by atoms with Gasteiger partial charge in [0.25, 0.3) is 10.0 Å². The molecule has 1 aromatic carbocycles. The molecule has 0 amide bonds. The summed E-state index contributed by atoms with van der Waals surface area (Å²) in [6.07, 6.45) is 1.17. The molecule has 0 atom stereocenters. The Morgan fingerprint density at radius 3 is 2.47 bits per heavy atom. The van der Waals surface area contributed by atoms with Crippen molar-refractivity contribution in [3.63, 3.8) is 0 Å². The molecule has 0 spiro atoms. The van der Waals surface area contributed by atoms with Gasteiger partial charge in [0.2, 0.25) is 0 Å². The van der Waals surface area contributed by atoms with Crippen molar-refractivity contribution in [2.45, 2.75) is 4.21 Å². The number of halogens is 2. The van der Waals surface area contributed by atoms with Crippen LogP contribution in [0.25, 0.3) is 0 Å². The van der Waals surface area contributed by atoms with Gasteiger partial charge >= 0.3 is 0 Å². The van der Waals surface area contributed by atoms with E-state index in [1.54, 1.807) is 0 Å². The van der Waals surface area contributed by atoms with E-state index in [9.17, 15) is 12.8 Å². The zero-order valence-electron chi connectivity index (χ0n) is 8.22. The van der Waals surface area contributed by atoms with Crippen molar-refractivity contribution in [2.24, 2.45) is 0 Å². The van der Waals surface area contributed by atoms with Gasteiger partial charge < -0.3 is 0 Å². The van der Waals surface area contributed by atoms with Crippen molar-refractivity contribution in [3.8, 4) is 0 Å². The van der Waals surface area contributed by atoms with Gasteiger partial charge in [-0.25, -0.2) is 17.8 Å². The molecule has 4 nitrogen and oxygen atoms in total. The number of thiazole rings is 1. The Bertz CT molecular complexity index is 625. The van der Waals surface area contributed by atoms with Gasteiger partial charge in [-0.05, 0) is 24.3 Å². The topological polar surface area (TPSA) is 59.1 Å². The average molecular weight is 293 g/mol. The molecule has 0 saturated carbocycles. The molecule has 2 rings (SSSR count). The van der Waals surface area contributed by atoms with Crippen LogP contribution in [-0.4, -0.2) is 13.4 Å². The summed E-state index contributed by atoms with van der Waals surface area (Å²) >= 11 is 6.40. The van der Waals surface area contributed by atoms with E-state index >= 15 is 0 Å². The highest BCUT2D eigenvalue weighted by Gasteiger charge is 2.17. The molecule has 1 aromatic heterocycles. The molecule has 0 aliphatic heterocycles. The van der Waals surface area contributed by atoms with Crippen molar-refractivity contribution in [2.75, 3.05) is 4.72 Å². The van der Waals surface area contributed by atoms with Crippen LogP contribution in [0.1, 0.15) is 0 Å². The lowest BCUT2D eigenvalue weighted by molar-refractivity contribution is 0.602. The van der Waals surface area contributed by atoms with E-state index in [0.717, 1.165) is 23.5 Å². The highest BCUT2D eigenvalue weighted by Crippen LogP contribution is 2.24. The van der Waals surface area contributed by atoms with E-state index < -0.39 is 15.8 Å². The minimum absolute atomic E-state index is 0.00632. The molecular weight excluding hydrogens is 287 g/mol. The minimum Gasteiger partial charge on any atom is -0.279 e. The van der Waals surface area contributed by atoms with Gasteiger partial charge in [-0.3, -0.25) is 4.72 Å². The highest BCUT2D eigenvalue weighted by atomic mass is 35.5. The summed E-state index contributed by atoms with van der Waals surface area (Å²) in [5.41, 5.74) is 0.274. The Morgan fingerprint density at radius 2 is 1.94 bits per heavy atom. The normalized spacial score (nSPS) is 11.4. The van der Waals surface area contributed by atoms with Crippen LogP contribution in [0.15, 0.2) is 34.7 Å². The molecule has 0 radical (unpaired) electrons. The second-order valence-electron chi connectivity index (χ2n) is 3.04. The number of nitrogens with one attached hydrogen (secondary N) is 1. The molecule has 8 heteroatoms. The predicted octanol–water partition coefficient (Wildman–Crippen LogP) is 2.74. The van der Waals surface area contributed by atoms with Gasteiger partial charge in [0.1, 0.15) is 5.82 Å². The van der Waals surface area contributed by atoms with Gasteiger partial charge in [-0.2, -0.15) is 0 Å². The molecule has 2 aromatic rings. The van der Waals surface area contributed by atoms with Gasteiger partial charge in [-0.15, -0.1) is 0 Å². The zero-order valence-corrected chi connectivity index (χ0v) is 10.6. The maximum Gasteiger partial charge on any atom is 0.273 e. The van der Waals surface area contributed by atoms with Crippen LogP contribution in [0.3, 0.4) is 0 Å².